The van der Waals surface area contributed by atoms with Gasteiger partial charge in [-0.2, -0.15) is 0 Å². The van der Waals surface area contributed by atoms with E-state index in [0.29, 0.717) is 16.5 Å². The second-order valence-electron chi connectivity index (χ2n) is 4.65. The van der Waals surface area contributed by atoms with Crippen LogP contribution < -0.4 is 5.32 Å². The Hall–Kier alpha value is -1.65. The molecule has 2 aromatic rings. The third-order valence-electron chi connectivity index (χ3n) is 3.00. The van der Waals surface area contributed by atoms with Gasteiger partial charge in [-0.1, -0.05) is 41.9 Å². The van der Waals surface area contributed by atoms with Crippen LogP contribution in [0.25, 0.3) is 0 Å². The molecule has 0 fully saturated rings. The third kappa shape index (κ3) is 4.69. The van der Waals surface area contributed by atoms with Crippen molar-refractivity contribution >= 4 is 34.0 Å². The number of benzene rings is 2. The van der Waals surface area contributed by atoms with Gasteiger partial charge in [0.1, 0.15) is 5.25 Å². The Morgan fingerprint density at radius 2 is 1.90 bits per heavy atom. The summed E-state index contributed by atoms with van der Waals surface area (Å²) in [5, 5.41) is 2.77. The van der Waals surface area contributed by atoms with Gasteiger partial charge in [0.15, 0.2) is 0 Å². The van der Waals surface area contributed by atoms with Crippen LogP contribution in [0.15, 0.2) is 54.6 Å². The highest BCUT2D eigenvalue weighted by molar-refractivity contribution is 7.85. The lowest BCUT2D eigenvalue weighted by Gasteiger charge is -2.12. The maximum Gasteiger partial charge on any atom is 0.239 e. The largest absolute Gasteiger partial charge is 0.325 e. The maximum absolute atomic E-state index is 12.3. The van der Waals surface area contributed by atoms with Gasteiger partial charge in [-0.25, -0.2) is 0 Å². The topological polar surface area (TPSA) is 46.2 Å². The van der Waals surface area contributed by atoms with Crippen molar-refractivity contribution in [2.75, 3.05) is 5.32 Å². The molecule has 0 bridgehead atoms. The fourth-order valence-electron chi connectivity index (χ4n) is 1.80. The molecule has 0 radical (unpaired) electrons. The molecule has 2 atom stereocenters. The molecule has 110 valence electrons. The number of carbonyl (C=O) groups excluding carboxylic acids is 1. The summed E-state index contributed by atoms with van der Waals surface area (Å²) in [5.41, 5.74) is 1.56. The lowest BCUT2D eigenvalue weighted by atomic mass is 10.2. The highest BCUT2D eigenvalue weighted by Crippen LogP contribution is 2.14. The molecule has 0 spiro atoms. The summed E-state index contributed by atoms with van der Waals surface area (Å²) in [6.07, 6.45) is 0. The van der Waals surface area contributed by atoms with Crippen LogP contribution in [-0.2, 0) is 21.3 Å². The van der Waals surface area contributed by atoms with Crippen LogP contribution >= 0.6 is 11.6 Å². The molecule has 0 unspecified atom stereocenters. The average Bonchev–Trinajstić information content (AvgIpc) is 2.47. The van der Waals surface area contributed by atoms with Crippen LogP contribution in [0.5, 0.6) is 0 Å². The first kappa shape index (κ1) is 15.7. The normalized spacial score (nSPS) is 13.4. The van der Waals surface area contributed by atoms with E-state index in [1.807, 2.05) is 30.3 Å². The number of anilines is 1. The summed E-state index contributed by atoms with van der Waals surface area (Å²) < 4.78 is 12.3. The molecule has 0 saturated carbocycles. The molecule has 2 aromatic carbocycles. The highest BCUT2D eigenvalue weighted by Gasteiger charge is 2.20. The molecular weight excluding hydrogens is 306 g/mol. The van der Waals surface area contributed by atoms with Crippen molar-refractivity contribution in [3.8, 4) is 0 Å². The fraction of sp³-hybridized carbons (Fsp3) is 0.188. The second-order valence-corrected chi connectivity index (χ2v) is 6.85. The minimum atomic E-state index is -1.30. The van der Waals surface area contributed by atoms with E-state index in [1.54, 1.807) is 31.2 Å². The monoisotopic (exact) mass is 321 g/mol. The molecule has 1 N–H and O–H groups in total. The Bertz CT molecular complexity index is 646. The number of hydrogen-bond acceptors (Lipinski definition) is 2. The number of halogens is 1. The summed E-state index contributed by atoms with van der Waals surface area (Å²) in [6, 6.07) is 16.3. The number of carbonyl (C=O) groups is 1. The molecule has 1 amide bonds. The van der Waals surface area contributed by atoms with Crippen LogP contribution in [0.4, 0.5) is 5.69 Å². The number of rotatable bonds is 5. The molecule has 0 aliphatic carbocycles. The molecule has 0 aliphatic heterocycles. The first-order chi connectivity index (χ1) is 10.1. The van der Waals surface area contributed by atoms with Crippen molar-refractivity contribution in [1.82, 2.24) is 0 Å². The molecule has 3 nitrogen and oxygen atoms in total. The molecule has 5 heteroatoms. The van der Waals surface area contributed by atoms with Crippen LogP contribution in [0, 0.1) is 0 Å². The van der Waals surface area contributed by atoms with E-state index in [0.717, 1.165) is 5.56 Å². The minimum Gasteiger partial charge on any atom is -0.325 e. The van der Waals surface area contributed by atoms with E-state index in [-0.39, 0.29) is 5.91 Å². The van der Waals surface area contributed by atoms with E-state index < -0.39 is 16.0 Å². The van der Waals surface area contributed by atoms with Gasteiger partial charge in [0.2, 0.25) is 5.91 Å². The number of amides is 1. The quantitative estimate of drug-likeness (QED) is 0.914. The van der Waals surface area contributed by atoms with Crippen molar-refractivity contribution < 1.29 is 9.00 Å². The second kappa shape index (κ2) is 7.38. The number of nitrogens with one attached hydrogen (secondary N) is 1. The number of hydrogen-bond donors (Lipinski definition) is 1. The summed E-state index contributed by atoms with van der Waals surface area (Å²) in [7, 11) is -1.30. The maximum atomic E-state index is 12.3. The molecule has 21 heavy (non-hydrogen) atoms. The van der Waals surface area contributed by atoms with E-state index >= 15 is 0 Å². The molecule has 0 saturated heterocycles. The smallest absolute Gasteiger partial charge is 0.239 e. The van der Waals surface area contributed by atoms with Gasteiger partial charge >= 0.3 is 0 Å². The van der Waals surface area contributed by atoms with E-state index in [1.165, 1.54) is 0 Å². The Morgan fingerprint density at radius 3 is 2.57 bits per heavy atom. The zero-order valence-corrected chi connectivity index (χ0v) is 13.2. The number of para-hydroxylation sites is 1. The Balaban J connectivity index is 1.97. The highest BCUT2D eigenvalue weighted by atomic mass is 35.5. The first-order valence-electron chi connectivity index (χ1n) is 6.54. The van der Waals surface area contributed by atoms with Gasteiger partial charge in [0, 0.05) is 27.3 Å². The van der Waals surface area contributed by atoms with Gasteiger partial charge in [-0.15, -0.1) is 0 Å². The van der Waals surface area contributed by atoms with Gasteiger partial charge in [-0.05, 0) is 36.8 Å². The van der Waals surface area contributed by atoms with Crippen LogP contribution in [0.1, 0.15) is 12.5 Å². The van der Waals surface area contributed by atoms with Crippen molar-refractivity contribution in [3.05, 3.63) is 65.2 Å². The zero-order valence-electron chi connectivity index (χ0n) is 11.6. The van der Waals surface area contributed by atoms with Crippen LogP contribution in [0.2, 0.25) is 5.02 Å². The van der Waals surface area contributed by atoms with Crippen LogP contribution in [0.3, 0.4) is 0 Å². The Kier molecular flexibility index (Phi) is 5.53. The SMILES string of the molecule is C[C@H](C(=O)Nc1ccccc1)[S@](=O)Cc1cccc(Cl)c1. The standard InChI is InChI=1S/C16H16ClNO2S/c1-12(16(19)18-15-8-3-2-4-9-15)21(20)11-13-6-5-7-14(17)10-13/h2-10,12H,11H2,1H3,(H,18,19)/t12-,21-/m1/s1. The summed E-state index contributed by atoms with van der Waals surface area (Å²) >= 11 is 5.90. The Morgan fingerprint density at radius 1 is 1.19 bits per heavy atom. The molecular formula is C16H16ClNO2S. The van der Waals surface area contributed by atoms with E-state index in [9.17, 15) is 9.00 Å². The first-order valence-corrected chi connectivity index (χ1v) is 8.30. The van der Waals surface area contributed by atoms with Crippen molar-refractivity contribution in [3.63, 3.8) is 0 Å². The summed E-state index contributed by atoms with van der Waals surface area (Å²) in [6.45, 7) is 1.67. The minimum absolute atomic E-state index is 0.249. The van der Waals surface area contributed by atoms with E-state index in [4.69, 9.17) is 11.6 Å². The molecule has 0 aliphatic rings. The molecule has 0 heterocycles. The average molecular weight is 322 g/mol. The van der Waals surface area contributed by atoms with Crippen molar-refractivity contribution in [2.24, 2.45) is 0 Å². The summed E-state index contributed by atoms with van der Waals surface area (Å²) in [5.74, 6) is 0.0609. The fourth-order valence-corrected chi connectivity index (χ4v) is 3.07. The van der Waals surface area contributed by atoms with Gasteiger partial charge in [0.25, 0.3) is 0 Å². The zero-order chi connectivity index (χ0) is 15.2. The van der Waals surface area contributed by atoms with Crippen molar-refractivity contribution in [1.29, 1.82) is 0 Å². The molecule has 2 rings (SSSR count). The van der Waals surface area contributed by atoms with E-state index in [2.05, 4.69) is 5.32 Å². The summed E-state index contributed by atoms with van der Waals surface area (Å²) in [4.78, 5) is 12.1. The van der Waals surface area contributed by atoms with Gasteiger partial charge in [0.05, 0.1) is 0 Å². The van der Waals surface area contributed by atoms with Gasteiger partial charge < -0.3 is 5.32 Å². The van der Waals surface area contributed by atoms with Crippen LogP contribution in [-0.4, -0.2) is 15.4 Å². The molecule has 0 aromatic heterocycles. The van der Waals surface area contributed by atoms with Crippen molar-refractivity contribution in [2.45, 2.75) is 17.9 Å². The lowest BCUT2D eigenvalue weighted by Crippen LogP contribution is -2.29. The van der Waals surface area contributed by atoms with Gasteiger partial charge in [-0.3, -0.25) is 9.00 Å². The Labute approximate surface area is 131 Å². The predicted octanol–water partition coefficient (Wildman–Crippen LogP) is 3.62. The lowest BCUT2D eigenvalue weighted by molar-refractivity contribution is -0.115. The predicted molar refractivity (Wildman–Crippen MR) is 87.8 cm³/mol. The third-order valence-corrected chi connectivity index (χ3v) is 4.86.